The number of hydrogen-bond donors (Lipinski definition) is 1. The van der Waals surface area contributed by atoms with Crippen LogP contribution in [0.5, 0.6) is 0 Å². The summed E-state index contributed by atoms with van der Waals surface area (Å²) in [7, 11) is 0. The molecule has 5 nitrogen and oxygen atoms in total. The van der Waals surface area contributed by atoms with Gasteiger partial charge in [-0.15, -0.1) is 0 Å². The fraction of sp³-hybridized carbons (Fsp3) is 0.300. The third-order valence-electron chi connectivity index (χ3n) is 6.56. The molecule has 0 unspecified atom stereocenters. The third-order valence-corrected chi connectivity index (χ3v) is 6.56. The molecule has 0 saturated carbocycles. The van der Waals surface area contributed by atoms with Gasteiger partial charge in [-0.05, 0) is 80.1 Å². The molecule has 1 aliphatic carbocycles. The summed E-state index contributed by atoms with van der Waals surface area (Å²) in [6.45, 7) is 2.62. The standard InChI is InChI=1S/C30H33N3O2/c1-23-11-13-24(14-12-23)28-9-4-2-3-5-10-29(28)30(35)32-26-15-17-27(18-16-26)33(22-34)21-19-25-8-6-7-20-31-25/h6-8,11-18,20,22H,2-5,9-10,19,21H2,1H3,(H,32,35). The van der Waals surface area contributed by atoms with Crippen LogP contribution in [0.2, 0.25) is 0 Å². The summed E-state index contributed by atoms with van der Waals surface area (Å²) in [5, 5.41) is 3.10. The maximum Gasteiger partial charge on any atom is 0.251 e. The van der Waals surface area contributed by atoms with Crippen LogP contribution in [0, 0.1) is 6.92 Å². The topological polar surface area (TPSA) is 62.3 Å². The number of hydrogen-bond acceptors (Lipinski definition) is 3. The molecule has 1 heterocycles. The highest BCUT2D eigenvalue weighted by molar-refractivity contribution is 6.09. The molecular formula is C30H33N3O2. The lowest BCUT2D eigenvalue weighted by molar-refractivity contribution is -0.113. The Morgan fingerprint density at radius 1 is 0.943 bits per heavy atom. The molecule has 4 rings (SSSR count). The van der Waals surface area contributed by atoms with Crippen LogP contribution in [0.4, 0.5) is 11.4 Å². The van der Waals surface area contributed by atoms with Gasteiger partial charge in [0.1, 0.15) is 0 Å². The Labute approximate surface area is 207 Å². The van der Waals surface area contributed by atoms with Crippen molar-refractivity contribution in [2.45, 2.75) is 51.9 Å². The van der Waals surface area contributed by atoms with Gasteiger partial charge in [0, 0.05) is 41.8 Å². The second-order valence-corrected chi connectivity index (χ2v) is 9.11. The van der Waals surface area contributed by atoms with Gasteiger partial charge in [0.05, 0.1) is 0 Å². The van der Waals surface area contributed by atoms with Crippen LogP contribution in [0.15, 0.2) is 78.5 Å². The van der Waals surface area contributed by atoms with E-state index in [2.05, 4.69) is 41.5 Å². The number of carbonyl (C=O) groups excluding carboxylic acids is 2. The van der Waals surface area contributed by atoms with E-state index >= 15 is 0 Å². The summed E-state index contributed by atoms with van der Waals surface area (Å²) in [6, 6.07) is 21.7. The minimum atomic E-state index is -0.0300. The number of nitrogens with one attached hydrogen (secondary N) is 1. The first-order valence-electron chi connectivity index (χ1n) is 12.5. The first kappa shape index (κ1) is 24.4. The lowest BCUT2D eigenvalue weighted by Gasteiger charge is -2.20. The van der Waals surface area contributed by atoms with E-state index in [1.54, 1.807) is 11.1 Å². The van der Waals surface area contributed by atoms with Crippen molar-refractivity contribution in [3.8, 4) is 0 Å². The van der Waals surface area contributed by atoms with Crippen LogP contribution < -0.4 is 10.2 Å². The molecule has 5 heteroatoms. The van der Waals surface area contributed by atoms with E-state index in [0.717, 1.165) is 66.7 Å². The average Bonchev–Trinajstić information content (AvgIpc) is 2.87. The van der Waals surface area contributed by atoms with E-state index in [-0.39, 0.29) is 5.91 Å². The lowest BCUT2D eigenvalue weighted by Crippen LogP contribution is -2.24. The molecule has 0 atom stereocenters. The van der Waals surface area contributed by atoms with Crippen LogP contribution in [0.3, 0.4) is 0 Å². The molecule has 2 amide bonds. The molecule has 180 valence electrons. The van der Waals surface area contributed by atoms with Gasteiger partial charge in [0.25, 0.3) is 5.91 Å². The SMILES string of the molecule is Cc1ccc(C2=C(C(=O)Nc3ccc(N(C=O)CCc4ccccn4)cc3)CCCCCC2)cc1. The van der Waals surface area contributed by atoms with Gasteiger partial charge in [0.15, 0.2) is 0 Å². The van der Waals surface area contributed by atoms with Gasteiger partial charge in [-0.2, -0.15) is 0 Å². The van der Waals surface area contributed by atoms with Crippen molar-refractivity contribution >= 4 is 29.3 Å². The monoisotopic (exact) mass is 467 g/mol. The van der Waals surface area contributed by atoms with Gasteiger partial charge in [-0.25, -0.2) is 0 Å². The summed E-state index contributed by atoms with van der Waals surface area (Å²) in [5.41, 5.74) is 6.89. The lowest BCUT2D eigenvalue weighted by atomic mass is 9.88. The van der Waals surface area contributed by atoms with Crippen LogP contribution in [-0.2, 0) is 16.0 Å². The Hall–Kier alpha value is -3.73. The fourth-order valence-corrected chi connectivity index (χ4v) is 4.55. The number of amides is 2. The van der Waals surface area contributed by atoms with Crippen LogP contribution >= 0.6 is 0 Å². The zero-order valence-electron chi connectivity index (χ0n) is 20.4. The van der Waals surface area contributed by atoms with E-state index < -0.39 is 0 Å². The van der Waals surface area contributed by atoms with Gasteiger partial charge in [0.2, 0.25) is 6.41 Å². The van der Waals surface area contributed by atoms with Crippen molar-refractivity contribution in [2.75, 3.05) is 16.8 Å². The molecule has 3 aromatic rings. The van der Waals surface area contributed by atoms with Crippen molar-refractivity contribution in [2.24, 2.45) is 0 Å². The number of pyridine rings is 1. The number of benzene rings is 2. The van der Waals surface area contributed by atoms with Gasteiger partial charge >= 0.3 is 0 Å². The molecule has 2 aromatic carbocycles. The number of allylic oxidation sites excluding steroid dienone is 1. The molecule has 0 spiro atoms. The van der Waals surface area contributed by atoms with E-state index in [9.17, 15) is 9.59 Å². The van der Waals surface area contributed by atoms with E-state index in [0.29, 0.717) is 13.0 Å². The van der Waals surface area contributed by atoms with E-state index in [1.165, 1.54) is 17.6 Å². The Morgan fingerprint density at radius 3 is 2.37 bits per heavy atom. The smallest absolute Gasteiger partial charge is 0.251 e. The minimum absolute atomic E-state index is 0.0300. The zero-order chi connectivity index (χ0) is 24.5. The maximum absolute atomic E-state index is 13.4. The summed E-state index contributed by atoms with van der Waals surface area (Å²) < 4.78 is 0. The van der Waals surface area contributed by atoms with Crippen LogP contribution in [-0.4, -0.2) is 23.8 Å². The van der Waals surface area contributed by atoms with Crippen LogP contribution in [0.25, 0.3) is 5.57 Å². The highest BCUT2D eigenvalue weighted by Crippen LogP contribution is 2.31. The fourth-order valence-electron chi connectivity index (χ4n) is 4.55. The van der Waals surface area contributed by atoms with Crippen molar-refractivity contribution in [3.05, 3.63) is 95.3 Å². The van der Waals surface area contributed by atoms with Crippen molar-refractivity contribution in [1.29, 1.82) is 0 Å². The first-order chi connectivity index (χ1) is 17.1. The molecule has 1 N–H and O–H groups in total. The minimum Gasteiger partial charge on any atom is -0.322 e. The van der Waals surface area contributed by atoms with Gasteiger partial charge in [-0.1, -0.05) is 48.7 Å². The molecule has 1 aromatic heterocycles. The summed E-state index contributed by atoms with van der Waals surface area (Å²) in [4.78, 5) is 31.0. The molecular weight excluding hydrogens is 434 g/mol. The van der Waals surface area contributed by atoms with Gasteiger partial charge in [-0.3, -0.25) is 14.6 Å². The van der Waals surface area contributed by atoms with Crippen molar-refractivity contribution < 1.29 is 9.59 Å². The molecule has 1 aliphatic rings. The third kappa shape index (κ3) is 6.66. The summed E-state index contributed by atoms with van der Waals surface area (Å²) in [5.74, 6) is -0.0300. The van der Waals surface area contributed by atoms with Crippen LogP contribution in [0.1, 0.15) is 55.3 Å². The first-order valence-corrected chi connectivity index (χ1v) is 12.5. The Bertz CT molecular complexity index is 1150. The van der Waals surface area contributed by atoms with E-state index in [1.807, 2.05) is 42.5 Å². The molecule has 0 bridgehead atoms. The number of anilines is 2. The molecule has 0 radical (unpaired) electrons. The number of aryl methyl sites for hydroxylation is 1. The maximum atomic E-state index is 13.4. The summed E-state index contributed by atoms with van der Waals surface area (Å²) in [6.07, 6.45) is 9.49. The quantitative estimate of drug-likeness (QED) is 0.393. The molecule has 0 fully saturated rings. The number of carbonyl (C=O) groups is 2. The van der Waals surface area contributed by atoms with Crippen molar-refractivity contribution in [3.63, 3.8) is 0 Å². The molecule has 0 saturated heterocycles. The Morgan fingerprint density at radius 2 is 1.69 bits per heavy atom. The predicted molar refractivity (Wildman–Crippen MR) is 142 cm³/mol. The summed E-state index contributed by atoms with van der Waals surface area (Å²) >= 11 is 0. The second-order valence-electron chi connectivity index (χ2n) is 9.11. The van der Waals surface area contributed by atoms with Crippen molar-refractivity contribution in [1.82, 2.24) is 4.98 Å². The highest BCUT2D eigenvalue weighted by atomic mass is 16.1. The number of aromatic nitrogens is 1. The Balaban J connectivity index is 1.48. The number of rotatable bonds is 8. The number of nitrogens with zero attached hydrogens (tertiary/aromatic N) is 2. The van der Waals surface area contributed by atoms with E-state index in [4.69, 9.17) is 0 Å². The predicted octanol–water partition coefficient (Wildman–Crippen LogP) is 6.34. The largest absolute Gasteiger partial charge is 0.322 e. The molecule has 35 heavy (non-hydrogen) atoms. The zero-order valence-corrected chi connectivity index (χ0v) is 20.4. The normalized spacial score (nSPS) is 14.1. The molecule has 0 aliphatic heterocycles. The second kappa shape index (κ2) is 12.1. The van der Waals surface area contributed by atoms with Gasteiger partial charge < -0.3 is 10.2 Å². The highest BCUT2D eigenvalue weighted by Gasteiger charge is 2.19. The Kier molecular flexibility index (Phi) is 8.44. The average molecular weight is 468 g/mol.